The van der Waals surface area contributed by atoms with Crippen LogP contribution >= 0.6 is 11.3 Å². The van der Waals surface area contributed by atoms with E-state index >= 15 is 0 Å². The molecule has 0 unspecified atom stereocenters. The van der Waals surface area contributed by atoms with E-state index in [0.29, 0.717) is 68.1 Å². The van der Waals surface area contributed by atoms with Gasteiger partial charge in [0, 0.05) is 37.6 Å². The lowest BCUT2D eigenvalue weighted by Crippen LogP contribution is -2.58. The van der Waals surface area contributed by atoms with Crippen LogP contribution < -0.4 is 25.6 Å². The summed E-state index contributed by atoms with van der Waals surface area (Å²) in [6.07, 6.45) is 4.10. The normalized spacial score (nSPS) is 16.7. The SMILES string of the molecule is COc1cc(N2CCC(OCC(=O)N[C@H](C(=O)N3CCC[C@H]3C(=O)N[C@@H](C)c3ccc(-c4scnc4C)cc3)C(C)(C)C)CC2)ccc1NC(=O)c1cccc(-c2ccn[nH]2)n1. The molecule has 3 atom stereocenters. The van der Waals surface area contributed by atoms with Gasteiger partial charge in [0.05, 0.1) is 52.4 Å². The average molecular weight is 862 g/mol. The lowest BCUT2D eigenvalue weighted by Gasteiger charge is -2.36. The van der Waals surface area contributed by atoms with Gasteiger partial charge in [-0.15, -0.1) is 11.3 Å². The van der Waals surface area contributed by atoms with E-state index in [-0.39, 0.29) is 48.1 Å². The molecule has 4 N–H and O–H groups in total. The van der Waals surface area contributed by atoms with Gasteiger partial charge in [0.15, 0.2) is 0 Å². The second-order valence-corrected chi connectivity index (χ2v) is 17.7. The van der Waals surface area contributed by atoms with Crippen LogP contribution in [0.1, 0.15) is 81.2 Å². The molecule has 16 heteroatoms. The predicted octanol–water partition coefficient (Wildman–Crippen LogP) is 6.55. The van der Waals surface area contributed by atoms with Crippen LogP contribution in [0.3, 0.4) is 0 Å². The molecule has 0 aliphatic carbocycles. The Hall–Kier alpha value is -6.13. The molecule has 5 aromatic rings. The first-order valence-corrected chi connectivity index (χ1v) is 21.9. The summed E-state index contributed by atoms with van der Waals surface area (Å²) in [7, 11) is 1.56. The second kappa shape index (κ2) is 19.3. The van der Waals surface area contributed by atoms with Crippen molar-refractivity contribution in [1.29, 1.82) is 0 Å². The van der Waals surface area contributed by atoms with E-state index in [1.807, 2.05) is 82.6 Å². The van der Waals surface area contributed by atoms with E-state index in [9.17, 15) is 19.2 Å². The number of nitrogens with one attached hydrogen (secondary N) is 4. The number of nitrogens with zero attached hydrogens (tertiary/aromatic N) is 5. The molecule has 4 amide bonds. The number of hydrogen-bond donors (Lipinski definition) is 4. The minimum Gasteiger partial charge on any atom is -0.494 e. The van der Waals surface area contributed by atoms with Gasteiger partial charge in [-0.1, -0.05) is 51.1 Å². The molecule has 62 heavy (non-hydrogen) atoms. The van der Waals surface area contributed by atoms with E-state index in [1.54, 1.807) is 53.8 Å². The van der Waals surface area contributed by atoms with E-state index in [4.69, 9.17) is 9.47 Å². The number of aromatic nitrogens is 4. The highest BCUT2D eigenvalue weighted by molar-refractivity contribution is 7.13. The summed E-state index contributed by atoms with van der Waals surface area (Å²) in [6, 6.07) is 19.0. The van der Waals surface area contributed by atoms with Gasteiger partial charge in [-0.2, -0.15) is 5.10 Å². The van der Waals surface area contributed by atoms with E-state index in [1.165, 1.54) is 0 Å². The number of rotatable bonds is 14. The van der Waals surface area contributed by atoms with Gasteiger partial charge in [-0.05, 0) is 86.4 Å². The number of carbonyl (C=O) groups excluding carboxylic acids is 4. The summed E-state index contributed by atoms with van der Waals surface area (Å²) in [5.41, 5.74) is 7.28. The molecule has 0 spiro atoms. The number of likely N-dealkylation sites (tertiary alicyclic amines) is 1. The maximum atomic E-state index is 14.1. The maximum absolute atomic E-state index is 14.1. The van der Waals surface area contributed by atoms with Crippen molar-refractivity contribution in [2.75, 3.05) is 43.6 Å². The zero-order valence-corrected chi connectivity index (χ0v) is 36.9. The zero-order valence-electron chi connectivity index (χ0n) is 36.1. The molecule has 2 aliphatic heterocycles. The smallest absolute Gasteiger partial charge is 0.274 e. The van der Waals surface area contributed by atoms with E-state index in [2.05, 4.69) is 41.0 Å². The number of aromatic amines is 1. The molecule has 0 saturated carbocycles. The first kappa shape index (κ1) is 43.9. The Kier molecular flexibility index (Phi) is 13.7. The highest BCUT2D eigenvalue weighted by atomic mass is 32.1. The van der Waals surface area contributed by atoms with Crippen molar-refractivity contribution in [3.8, 4) is 27.6 Å². The van der Waals surface area contributed by atoms with Gasteiger partial charge in [0.25, 0.3) is 5.91 Å². The third-order valence-electron chi connectivity index (χ3n) is 11.5. The number of methoxy groups -OCH3 is 1. The Balaban J connectivity index is 0.886. The van der Waals surface area contributed by atoms with Crippen LogP contribution in [-0.4, -0.2) is 100 Å². The number of anilines is 2. The lowest BCUT2D eigenvalue weighted by molar-refractivity contribution is -0.145. The number of hydrogen-bond acceptors (Lipinski definition) is 11. The van der Waals surface area contributed by atoms with Crippen LogP contribution in [0.15, 0.2) is 78.4 Å². The Morgan fingerprint density at radius 1 is 0.968 bits per heavy atom. The highest BCUT2D eigenvalue weighted by Crippen LogP contribution is 2.33. The topological polar surface area (TPSA) is 184 Å². The summed E-state index contributed by atoms with van der Waals surface area (Å²) in [5.74, 6) is -0.713. The van der Waals surface area contributed by atoms with Crippen molar-refractivity contribution >= 4 is 46.3 Å². The fraction of sp³-hybridized carbons (Fsp3) is 0.413. The van der Waals surface area contributed by atoms with Gasteiger partial charge in [0.1, 0.15) is 30.1 Å². The molecule has 15 nitrogen and oxygen atoms in total. The summed E-state index contributed by atoms with van der Waals surface area (Å²) in [4.78, 5) is 68.1. The molecule has 2 aliphatic rings. The Morgan fingerprint density at radius 3 is 2.42 bits per heavy atom. The van der Waals surface area contributed by atoms with Crippen LogP contribution in [0.4, 0.5) is 11.4 Å². The first-order chi connectivity index (χ1) is 29.8. The molecule has 0 radical (unpaired) electrons. The fourth-order valence-electron chi connectivity index (χ4n) is 7.97. The number of H-pyrrole nitrogens is 1. The molecule has 2 fully saturated rings. The molecule has 5 heterocycles. The van der Waals surface area contributed by atoms with Gasteiger partial charge in [-0.25, -0.2) is 9.97 Å². The Morgan fingerprint density at radius 2 is 1.74 bits per heavy atom. The summed E-state index contributed by atoms with van der Waals surface area (Å²) in [6.45, 7) is 11.3. The maximum Gasteiger partial charge on any atom is 0.274 e. The number of thiazole rings is 1. The summed E-state index contributed by atoms with van der Waals surface area (Å²) >= 11 is 1.60. The van der Waals surface area contributed by atoms with Crippen LogP contribution in [-0.2, 0) is 19.1 Å². The van der Waals surface area contributed by atoms with Crippen LogP contribution in [0.25, 0.3) is 21.8 Å². The molecule has 2 saturated heterocycles. The molecular formula is C46H55N9O6S. The van der Waals surface area contributed by atoms with Crippen molar-refractivity contribution in [3.05, 3.63) is 95.4 Å². The highest BCUT2D eigenvalue weighted by Gasteiger charge is 2.42. The number of pyridine rings is 1. The number of benzene rings is 2. The number of amides is 4. The Bertz CT molecular complexity index is 2350. The molecular weight excluding hydrogens is 807 g/mol. The van der Waals surface area contributed by atoms with Crippen molar-refractivity contribution in [1.82, 2.24) is 35.7 Å². The van der Waals surface area contributed by atoms with Crippen molar-refractivity contribution in [2.45, 2.75) is 84.5 Å². The van der Waals surface area contributed by atoms with Gasteiger partial charge >= 0.3 is 0 Å². The minimum atomic E-state index is -0.847. The van der Waals surface area contributed by atoms with Gasteiger partial charge in [0.2, 0.25) is 17.7 Å². The number of aryl methyl sites for hydroxylation is 1. The van der Waals surface area contributed by atoms with Crippen LogP contribution in [0.2, 0.25) is 0 Å². The van der Waals surface area contributed by atoms with Crippen molar-refractivity contribution in [3.63, 3.8) is 0 Å². The molecule has 0 bridgehead atoms. The third-order valence-corrected chi connectivity index (χ3v) is 12.5. The Labute approximate surface area is 366 Å². The standard InChI is InChI=1S/C46H55N9O6S/c1-28(30-12-14-31(15-13-30)41-29(2)47-27-62-41)49-44(58)38-11-8-22-55(38)45(59)42(46(3,4)5)52-40(56)26-61-33-19-23-54(24-20-33)32-16-17-36(39(25-32)60-6)51-43(57)37-10-7-9-34(50-37)35-18-21-48-53-35/h7,9-10,12-18,21,25,27-28,33,38,42H,8,11,19-20,22-24,26H2,1-6H3,(H,48,53)(H,49,58)(H,51,57)(H,52,56)/t28-,38-,42+/m0/s1. The zero-order chi connectivity index (χ0) is 44.0. The van der Waals surface area contributed by atoms with Gasteiger partial charge in [-0.3, -0.25) is 24.3 Å². The third kappa shape index (κ3) is 10.3. The molecule has 2 aromatic carbocycles. The van der Waals surface area contributed by atoms with E-state index < -0.39 is 17.5 Å². The van der Waals surface area contributed by atoms with E-state index in [0.717, 1.165) is 27.4 Å². The quantitative estimate of drug-likeness (QED) is 0.0956. The summed E-state index contributed by atoms with van der Waals surface area (Å²) in [5, 5.41) is 15.8. The number of carbonyl (C=O) groups is 4. The van der Waals surface area contributed by atoms with Crippen LogP contribution in [0.5, 0.6) is 5.75 Å². The number of ether oxygens (including phenoxy) is 2. The summed E-state index contributed by atoms with van der Waals surface area (Å²) < 4.78 is 11.8. The molecule has 3 aromatic heterocycles. The fourth-order valence-corrected chi connectivity index (χ4v) is 8.78. The second-order valence-electron chi connectivity index (χ2n) is 16.9. The van der Waals surface area contributed by atoms with Crippen LogP contribution in [0, 0.1) is 12.3 Å². The van der Waals surface area contributed by atoms with Crippen molar-refractivity contribution < 1.29 is 28.7 Å². The largest absolute Gasteiger partial charge is 0.494 e. The number of piperidine rings is 1. The minimum absolute atomic E-state index is 0.145. The lowest BCUT2D eigenvalue weighted by atomic mass is 9.85. The van der Waals surface area contributed by atoms with Gasteiger partial charge < -0.3 is 35.2 Å². The van der Waals surface area contributed by atoms with Crippen molar-refractivity contribution in [2.24, 2.45) is 5.41 Å². The first-order valence-electron chi connectivity index (χ1n) is 21.0. The average Bonchev–Trinajstić information content (AvgIpc) is 4.08. The molecule has 7 rings (SSSR count). The predicted molar refractivity (Wildman–Crippen MR) is 239 cm³/mol. The monoisotopic (exact) mass is 861 g/mol. The molecule has 326 valence electrons.